The van der Waals surface area contributed by atoms with Gasteiger partial charge < -0.3 is 4.57 Å². The molecular weight excluding hydrogens is 320 g/mol. The quantitative estimate of drug-likeness (QED) is 0.611. The fraction of sp³-hybridized carbons (Fsp3) is 0.250. The van der Waals surface area contributed by atoms with Gasteiger partial charge in [0.15, 0.2) is 0 Å². The van der Waals surface area contributed by atoms with Crippen molar-refractivity contribution in [2.75, 3.05) is 6.54 Å². The topological polar surface area (TPSA) is 21.1 Å². The van der Waals surface area contributed by atoms with Crippen LogP contribution in [0.3, 0.4) is 0 Å². The van der Waals surface area contributed by atoms with Crippen molar-refractivity contribution in [1.82, 2.24) is 14.5 Å². The number of imidazole rings is 1. The number of nitrogens with zero attached hydrogens (tertiary/aromatic N) is 3. The summed E-state index contributed by atoms with van der Waals surface area (Å²) in [4.78, 5) is 6.11. The van der Waals surface area contributed by atoms with Gasteiger partial charge in [-0.15, -0.1) is 0 Å². The van der Waals surface area contributed by atoms with Crippen LogP contribution >= 0.6 is 0 Å². The minimum Gasteiger partial charge on any atom is -0.337 e. The van der Waals surface area contributed by atoms with Crippen LogP contribution in [0, 0.1) is 11.6 Å². The van der Waals surface area contributed by atoms with E-state index in [4.69, 9.17) is 0 Å². The predicted octanol–water partition coefficient (Wildman–Crippen LogP) is 4.25. The summed E-state index contributed by atoms with van der Waals surface area (Å²) >= 11 is 0. The van der Waals surface area contributed by atoms with Gasteiger partial charge >= 0.3 is 0 Å². The molecule has 0 radical (unpaired) electrons. The zero-order valence-electron chi connectivity index (χ0n) is 14.0. The van der Waals surface area contributed by atoms with Crippen LogP contribution in [0.4, 0.5) is 8.78 Å². The number of hydrogen-bond donors (Lipinski definition) is 0. The fourth-order valence-corrected chi connectivity index (χ4v) is 2.84. The Morgan fingerprint density at radius 1 is 0.880 bits per heavy atom. The molecule has 0 aliphatic heterocycles. The van der Waals surface area contributed by atoms with Gasteiger partial charge in [-0.25, -0.2) is 13.8 Å². The summed E-state index contributed by atoms with van der Waals surface area (Å²) in [5.41, 5.74) is 1.25. The standard InChI is InChI=1S/C20H21F2N3/c21-19-8-3-1-6-17(19)14-25(12-5-11-24-13-10-23-16-24)15-18-7-2-4-9-20(18)22/h1-4,6-10,13,16H,5,11-12,14-15H2. The molecule has 3 nitrogen and oxygen atoms in total. The molecule has 0 aliphatic carbocycles. The highest BCUT2D eigenvalue weighted by molar-refractivity contribution is 5.19. The van der Waals surface area contributed by atoms with Crippen LogP contribution in [-0.4, -0.2) is 21.0 Å². The first kappa shape index (κ1) is 17.3. The maximum atomic E-state index is 14.0. The van der Waals surface area contributed by atoms with Crippen molar-refractivity contribution in [3.05, 3.63) is 90.0 Å². The summed E-state index contributed by atoms with van der Waals surface area (Å²) in [6.45, 7) is 2.46. The van der Waals surface area contributed by atoms with E-state index >= 15 is 0 Å². The van der Waals surface area contributed by atoms with Crippen molar-refractivity contribution < 1.29 is 8.78 Å². The van der Waals surface area contributed by atoms with E-state index in [1.165, 1.54) is 12.1 Å². The van der Waals surface area contributed by atoms with Crippen LogP contribution in [0.15, 0.2) is 67.3 Å². The van der Waals surface area contributed by atoms with E-state index in [1.54, 1.807) is 36.8 Å². The highest BCUT2D eigenvalue weighted by atomic mass is 19.1. The maximum absolute atomic E-state index is 14.0. The van der Waals surface area contributed by atoms with Gasteiger partial charge in [0.1, 0.15) is 11.6 Å². The Labute approximate surface area is 146 Å². The average Bonchev–Trinajstić information content (AvgIpc) is 3.12. The zero-order chi connectivity index (χ0) is 17.5. The highest BCUT2D eigenvalue weighted by Gasteiger charge is 2.12. The Morgan fingerprint density at radius 3 is 2.00 bits per heavy atom. The van der Waals surface area contributed by atoms with E-state index in [1.807, 2.05) is 22.9 Å². The van der Waals surface area contributed by atoms with E-state index in [0.717, 1.165) is 19.5 Å². The van der Waals surface area contributed by atoms with Crippen molar-refractivity contribution in [2.24, 2.45) is 0 Å². The summed E-state index contributed by atoms with van der Waals surface area (Å²) < 4.78 is 30.0. The Balaban J connectivity index is 1.68. The van der Waals surface area contributed by atoms with Gasteiger partial charge in [0, 0.05) is 49.7 Å². The molecule has 1 heterocycles. The smallest absolute Gasteiger partial charge is 0.127 e. The van der Waals surface area contributed by atoms with Crippen LogP contribution in [0.1, 0.15) is 17.5 Å². The second kappa shape index (κ2) is 8.53. The molecule has 3 rings (SSSR count). The molecule has 0 fully saturated rings. The third kappa shape index (κ3) is 4.97. The molecule has 5 heteroatoms. The Hall–Kier alpha value is -2.53. The monoisotopic (exact) mass is 341 g/mol. The summed E-state index contributed by atoms with van der Waals surface area (Å²) in [5, 5.41) is 0. The second-order valence-electron chi connectivity index (χ2n) is 6.05. The van der Waals surface area contributed by atoms with E-state index in [9.17, 15) is 8.78 Å². The van der Waals surface area contributed by atoms with Crippen LogP contribution < -0.4 is 0 Å². The third-order valence-corrected chi connectivity index (χ3v) is 4.15. The lowest BCUT2D eigenvalue weighted by atomic mass is 10.1. The van der Waals surface area contributed by atoms with Gasteiger partial charge in [0.05, 0.1) is 6.33 Å². The summed E-state index contributed by atoms with van der Waals surface area (Å²) in [6.07, 6.45) is 6.31. The van der Waals surface area contributed by atoms with Crippen LogP contribution in [-0.2, 0) is 19.6 Å². The first-order chi connectivity index (χ1) is 12.2. The molecule has 0 N–H and O–H groups in total. The first-order valence-electron chi connectivity index (χ1n) is 8.37. The molecule has 0 atom stereocenters. The normalized spacial score (nSPS) is 11.2. The van der Waals surface area contributed by atoms with Gasteiger partial charge in [-0.2, -0.15) is 0 Å². The van der Waals surface area contributed by atoms with Gasteiger partial charge in [-0.3, -0.25) is 4.90 Å². The summed E-state index contributed by atoms with van der Waals surface area (Å²) in [7, 11) is 0. The molecule has 0 aliphatic rings. The molecule has 0 unspecified atom stereocenters. The van der Waals surface area contributed by atoms with E-state index in [0.29, 0.717) is 24.2 Å². The average molecular weight is 341 g/mol. The molecule has 0 bridgehead atoms. The van der Waals surface area contributed by atoms with Gasteiger partial charge in [-0.05, 0) is 18.6 Å². The maximum Gasteiger partial charge on any atom is 0.127 e. The Kier molecular flexibility index (Phi) is 5.90. The molecule has 130 valence electrons. The molecule has 3 aromatic rings. The lowest BCUT2D eigenvalue weighted by molar-refractivity contribution is 0.242. The minimum absolute atomic E-state index is 0.226. The zero-order valence-corrected chi connectivity index (χ0v) is 14.0. The van der Waals surface area contributed by atoms with Crippen molar-refractivity contribution in [3.8, 4) is 0 Å². The molecular formula is C20H21F2N3. The molecule has 0 amide bonds. The first-order valence-corrected chi connectivity index (χ1v) is 8.37. The Bertz CT molecular complexity index is 740. The Morgan fingerprint density at radius 2 is 1.48 bits per heavy atom. The molecule has 1 aromatic heterocycles. The van der Waals surface area contributed by atoms with Crippen molar-refractivity contribution >= 4 is 0 Å². The van der Waals surface area contributed by atoms with Gasteiger partial charge in [-0.1, -0.05) is 36.4 Å². The van der Waals surface area contributed by atoms with Crippen LogP contribution in [0.25, 0.3) is 0 Å². The van der Waals surface area contributed by atoms with E-state index in [-0.39, 0.29) is 11.6 Å². The van der Waals surface area contributed by atoms with Crippen molar-refractivity contribution in [3.63, 3.8) is 0 Å². The number of rotatable bonds is 8. The number of aromatic nitrogens is 2. The molecule has 0 saturated heterocycles. The second-order valence-corrected chi connectivity index (χ2v) is 6.05. The van der Waals surface area contributed by atoms with Gasteiger partial charge in [0.2, 0.25) is 0 Å². The lowest BCUT2D eigenvalue weighted by Gasteiger charge is -2.23. The SMILES string of the molecule is Fc1ccccc1CN(CCCn1ccnc1)Cc1ccccc1F. The fourth-order valence-electron chi connectivity index (χ4n) is 2.84. The number of aryl methyl sites for hydroxylation is 1. The number of hydrogen-bond acceptors (Lipinski definition) is 2. The van der Waals surface area contributed by atoms with Gasteiger partial charge in [0.25, 0.3) is 0 Å². The minimum atomic E-state index is -0.226. The molecule has 0 spiro atoms. The highest BCUT2D eigenvalue weighted by Crippen LogP contribution is 2.15. The molecule has 2 aromatic carbocycles. The number of halogens is 2. The molecule has 25 heavy (non-hydrogen) atoms. The van der Waals surface area contributed by atoms with Crippen molar-refractivity contribution in [2.45, 2.75) is 26.1 Å². The van der Waals surface area contributed by atoms with E-state index in [2.05, 4.69) is 9.88 Å². The number of benzene rings is 2. The molecule has 0 saturated carbocycles. The van der Waals surface area contributed by atoms with Crippen LogP contribution in [0.2, 0.25) is 0 Å². The van der Waals surface area contributed by atoms with Crippen LogP contribution in [0.5, 0.6) is 0 Å². The van der Waals surface area contributed by atoms with Crippen molar-refractivity contribution in [1.29, 1.82) is 0 Å². The van der Waals surface area contributed by atoms with E-state index < -0.39 is 0 Å². The predicted molar refractivity (Wildman–Crippen MR) is 93.8 cm³/mol. The lowest BCUT2D eigenvalue weighted by Crippen LogP contribution is -2.26. The third-order valence-electron chi connectivity index (χ3n) is 4.15. The largest absolute Gasteiger partial charge is 0.337 e. The summed E-state index contributed by atoms with van der Waals surface area (Å²) in [5.74, 6) is -0.453. The summed E-state index contributed by atoms with van der Waals surface area (Å²) in [6, 6.07) is 13.5.